The van der Waals surface area contributed by atoms with Gasteiger partial charge in [0.1, 0.15) is 6.67 Å². The van der Waals surface area contributed by atoms with Crippen molar-refractivity contribution >= 4 is 28.4 Å². The molecule has 1 heterocycles. The fourth-order valence-corrected chi connectivity index (χ4v) is 7.38. The maximum atomic E-state index is 5.15. The lowest BCUT2D eigenvalue weighted by atomic mass is 9.89. The Bertz CT molecular complexity index is 2400. The van der Waals surface area contributed by atoms with Crippen molar-refractivity contribution in [3.05, 3.63) is 187 Å². The van der Waals surface area contributed by atoms with E-state index in [2.05, 4.69) is 186 Å². The lowest BCUT2D eigenvalue weighted by molar-refractivity contribution is 0.773. The van der Waals surface area contributed by atoms with Crippen molar-refractivity contribution in [1.29, 1.82) is 0 Å². The van der Waals surface area contributed by atoms with Crippen molar-refractivity contribution in [2.24, 2.45) is 4.99 Å². The molecule has 8 rings (SSSR count). The van der Waals surface area contributed by atoms with Gasteiger partial charge in [-0.15, -0.1) is 0 Å². The Kier molecular flexibility index (Phi) is 9.36. The summed E-state index contributed by atoms with van der Waals surface area (Å²) in [7, 11) is 1.91. The molecule has 2 N–H and O–H groups in total. The average molecular weight is 675 g/mol. The van der Waals surface area contributed by atoms with Gasteiger partial charge in [-0.3, -0.25) is 4.99 Å². The molecule has 1 aliphatic rings. The van der Waals surface area contributed by atoms with Crippen molar-refractivity contribution in [3.8, 4) is 39.1 Å². The molecule has 1 unspecified atom stereocenters. The number of para-hydroxylation sites is 1. The van der Waals surface area contributed by atoms with Crippen LogP contribution in [0.3, 0.4) is 0 Å². The summed E-state index contributed by atoms with van der Waals surface area (Å²) in [5, 5.41) is 8.20. The molecule has 6 aromatic carbocycles. The summed E-state index contributed by atoms with van der Waals surface area (Å²) >= 11 is 0. The Balaban J connectivity index is 1.16. The third-order valence-electron chi connectivity index (χ3n) is 9.95. The van der Waals surface area contributed by atoms with Gasteiger partial charge in [0, 0.05) is 40.6 Å². The Hall–Kier alpha value is -6.39. The van der Waals surface area contributed by atoms with E-state index >= 15 is 0 Å². The summed E-state index contributed by atoms with van der Waals surface area (Å²) in [5.74, 6) is 0.429. The molecular weight excluding hydrogens is 633 g/mol. The first-order valence-corrected chi connectivity index (χ1v) is 18.1. The fraction of sp³-hybridized carbons (Fsp3) is 0.104. The number of aliphatic imine (C=N–C) groups is 1. The van der Waals surface area contributed by atoms with Crippen LogP contribution < -0.4 is 10.6 Å². The summed E-state index contributed by atoms with van der Waals surface area (Å²) in [6.45, 7) is 2.75. The van der Waals surface area contributed by atoms with Crippen LogP contribution in [-0.2, 0) is 0 Å². The Morgan fingerprint density at radius 2 is 1.35 bits per heavy atom. The van der Waals surface area contributed by atoms with Gasteiger partial charge in [-0.1, -0.05) is 134 Å². The van der Waals surface area contributed by atoms with E-state index in [0.717, 1.165) is 34.6 Å². The number of allylic oxidation sites excluding steroid dienone is 2. The molecule has 7 aromatic rings. The average Bonchev–Trinajstić information content (AvgIpc) is 3.54. The second-order valence-corrected chi connectivity index (χ2v) is 13.3. The van der Waals surface area contributed by atoms with Gasteiger partial charge < -0.3 is 15.2 Å². The minimum atomic E-state index is 0.410. The lowest BCUT2D eigenvalue weighted by Gasteiger charge is -2.16. The van der Waals surface area contributed by atoms with Crippen molar-refractivity contribution in [1.82, 2.24) is 9.88 Å². The van der Waals surface area contributed by atoms with Gasteiger partial charge in [0.15, 0.2) is 0 Å². The molecule has 0 saturated heterocycles. The molecule has 1 atom stereocenters. The number of benzene rings is 6. The summed E-state index contributed by atoms with van der Waals surface area (Å²) in [6, 6.07) is 54.0. The van der Waals surface area contributed by atoms with Crippen LogP contribution in [0.2, 0.25) is 0 Å². The van der Waals surface area contributed by atoms with E-state index in [4.69, 9.17) is 4.99 Å². The van der Waals surface area contributed by atoms with Crippen LogP contribution in [0, 0.1) is 0 Å². The molecule has 4 heteroatoms. The number of aromatic nitrogens is 1. The van der Waals surface area contributed by atoms with E-state index in [0.29, 0.717) is 12.6 Å². The van der Waals surface area contributed by atoms with Gasteiger partial charge in [-0.05, 0) is 94.4 Å². The highest BCUT2D eigenvalue weighted by Gasteiger charge is 2.24. The molecule has 1 aliphatic carbocycles. The van der Waals surface area contributed by atoms with Crippen molar-refractivity contribution in [3.63, 3.8) is 0 Å². The number of nitrogens with one attached hydrogen (secondary N) is 2. The van der Waals surface area contributed by atoms with Crippen molar-refractivity contribution in [2.75, 3.05) is 19.0 Å². The molecule has 0 fully saturated rings. The van der Waals surface area contributed by atoms with Gasteiger partial charge in [0.2, 0.25) is 0 Å². The number of hydrogen-bond acceptors (Lipinski definition) is 3. The number of nitrogens with zero attached hydrogens (tertiary/aromatic N) is 2. The normalized spacial score (nSPS) is 14.1. The molecule has 0 radical (unpaired) electrons. The van der Waals surface area contributed by atoms with Crippen LogP contribution in [0.1, 0.15) is 36.1 Å². The summed E-state index contributed by atoms with van der Waals surface area (Å²) in [5.41, 5.74) is 15.2. The Morgan fingerprint density at radius 3 is 2.06 bits per heavy atom. The van der Waals surface area contributed by atoms with Gasteiger partial charge in [-0.25, -0.2) is 0 Å². The molecule has 0 saturated carbocycles. The number of fused-ring (bicyclic) bond motifs is 3. The highest BCUT2D eigenvalue weighted by atomic mass is 15.0. The lowest BCUT2D eigenvalue weighted by Crippen LogP contribution is -2.07. The maximum absolute atomic E-state index is 5.15. The van der Waals surface area contributed by atoms with Crippen LogP contribution in [0.4, 0.5) is 5.69 Å². The highest BCUT2D eigenvalue weighted by Crippen LogP contribution is 2.43. The van der Waals surface area contributed by atoms with E-state index in [1.165, 1.54) is 50.0 Å². The van der Waals surface area contributed by atoms with Crippen LogP contribution >= 0.6 is 0 Å². The number of hydrogen-bond donors (Lipinski definition) is 2. The fourth-order valence-electron chi connectivity index (χ4n) is 7.38. The van der Waals surface area contributed by atoms with Crippen molar-refractivity contribution in [2.45, 2.75) is 19.3 Å². The van der Waals surface area contributed by atoms with Gasteiger partial charge in [0.25, 0.3) is 0 Å². The summed E-state index contributed by atoms with van der Waals surface area (Å²) < 4.78 is 2.42. The zero-order valence-electron chi connectivity index (χ0n) is 29.6. The first-order chi connectivity index (χ1) is 25.7. The zero-order chi connectivity index (χ0) is 35.3. The van der Waals surface area contributed by atoms with Crippen LogP contribution in [0.5, 0.6) is 0 Å². The van der Waals surface area contributed by atoms with Gasteiger partial charge in [-0.2, -0.15) is 0 Å². The Morgan fingerprint density at radius 1 is 0.712 bits per heavy atom. The monoisotopic (exact) mass is 674 g/mol. The van der Waals surface area contributed by atoms with Gasteiger partial charge >= 0.3 is 0 Å². The SMILES string of the molecule is CN/C=C\C(=N/CNc1cc2c(cc1-c1ccccc1)c1c(n2-c2ccccc2)C=CCC1C)c1cccc(-c2ccc(-c3ccccc3)cc2)c1. The number of anilines is 1. The third-order valence-corrected chi connectivity index (χ3v) is 9.95. The molecular formula is C48H42N4. The topological polar surface area (TPSA) is 41.4 Å². The number of rotatable bonds is 10. The second kappa shape index (κ2) is 14.8. The molecule has 254 valence electrons. The second-order valence-electron chi connectivity index (χ2n) is 13.3. The molecule has 0 aliphatic heterocycles. The van der Waals surface area contributed by atoms with E-state index in [1.807, 2.05) is 19.3 Å². The van der Waals surface area contributed by atoms with Crippen LogP contribution in [0.15, 0.2) is 175 Å². The summed E-state index contributed by atoms with van der Waals surface area (Å²) in [6.07, 6.45) is 9.64. The minimum absolute atomic E-state index is 0.410. The zero-order valence-corrected chi connectivity index (χ0v) is 29.6. The smallest absolute Gasteiger partial charge is 0.108 e. The summed E-state index contributed by atoms with van der Waals surface area (Å²) in [4.78, 5) is 5.15. The van der Waals surface area contributed by atoms with Crippen molar-refractivity contribution < 1.29 is 0 Å². The maximum Gasteiger partial charge on any atom is 0.108 e. The Labute approximate surface area is 306 Å². The van der Waals surface area contributed by atoms with Gasteiger partial charge in [0.05, 0.1) is 11.2 Å². The third kappa shape index (κ3) is 6.59. The molecule has 1 aromatic heterocycles. The highest BCUT2D eigenvalue weighted by molar-refractivity contribution is 6.09. The molecule has 4 nitrogen and oxygen atoms in total. The minimum Gasteiger partial charge on any atom is -0.394 e. The predicted octanol–water partition coefficient (Wildman–Crippen LogP) is 11.7. The standard InChI is InChI=1S/C48H42N4/c1-34-14-12-23-46-48(34)43-31-42(38-17-8-4-9-18-38)45(32-47(43)52(46)41-21-10-5-11-22-41)51-33-50-44(28-29-49-2)40-20-13-19-39(30-40)37-26-24-36(25-27-37)35-15-6-3-7-16-35/h3-13,15-32,34,49,51H,14,33H2,1-2H3/b29-28-,50-44+. The van der Waals surface area contributed by atoms with E-state index in [1.54, 1.807) is 0 Å². The first-order valence-electron chi connectivity index (χ1n) is 18.1. The van der Waals surface area contributed by atoms with E-state index in [-0.39, 0.29) is 0 Å². The van der Waals surface area contributed by atoms with Crippen LogP contribution in [0.25, 0.3) is 56.0 Å². The molecule has 52 heavy (non-hydrogen) atoms. The predicted molar refractivity (Wildman–Crippen MR) is 221 cm³/mol. The molecule has 0 amide bonds. The quantitative estimate of drug-likeness (QED) is 0.142. The molecule has 0 bridgehead atoms. The largest absolute Gasteiger partial charge is 0.394 e. The van der Waals surface area contributed by atoms with E-state index < -0.39 is 0 Å². The van der Waals surface area contributed by atoms with Crippen LogP contribution in [-0.4, -0.2) is 24.0 Å². The first kappa shape index (κ1) is 32.8. The van der Waals surface area contributed by atoms with E-state index in [9.17, 15) is 0 Å². The molecule has 0 spiro atoms.